The zero-order valence-corrected chi connectivity index (χ0v) is 19.5. The third-order valence-corrected chi connectivity index (χ3v) is 6.75. The van der Waals surface area contributed by atoms with Gasteiger partial charge in [-0.15, -0.1) is 0 Å². The molecule has 0 fully saturated rings. The zero-order valence-electron chi connectivity index (χ0n) is 17.9. The third-order valence-electron chi connectivity index (χ3n) is 6.26. The number of rotatable bonds is 4. The molecule has 1 aliphatic heterocycles. The van der Waals surface area contributed by atoms with Crippen molar-refractivity contribution in [1.29, 1.82) is 0 Å². The number of hydrogen-bond donors (Lipinski definition) is 0. The van der Waals surface area contributed by atoms with Gasteiger partial charge in [0.25, 0.3) is 0 Å². The molecule has 160 valence electrons. The maximum absolute atomic E-state index is 6.11. The van der Waals surface area contributed by atoms with E-state index in [0.717, 1.165) is 27.3 Å². The van der Waals surface area contributed by atoms with Gasteiger partial charge in [0, 0.05) is 33.0 Å². The molecule has 4 aromatic carbocycles. The highest BCUT2D eigenvalue weighted by molar-refractivity contribution is 9.10. The zero-order chi connectivity index (χ0) is 22.2. The molecule has 0 saturated heterocycles. The number of fused-ring (bicyclic) bond motifs is 3. The summed E-state index contributed by atoms with van der Waals surface area (Å²) in [4.78, 5) is 2.27. The molecule has 33 heavy (non-hydrogen) atoms. The topological polar surface area (TPSA) is 12.5 Å². The van der Waals surface area contributed by atoms with Crippen molar-refractivity contribution in [2.24, 2.45) is 0 Å². The second-order valence-corrected chi connectivity index (χ2v) is 9.24. The molecular formula is C30H22BrNO. The van der Waals surface area contributed by atoms with Gasteiger partial charge in [-0.25, -0.2) is 0 Å². The fourth-order valence-corrected chi connectivity index (χ4v) is 5.05. The Morgan fingerprint density at radius 1 is 0.636 bits per heavy atom. The molecule has 2 aliphatic rings. The molecule has 2 nitrogen and oxygen atoms in total. The minimum absolute atomic E-state index is 0.118. The van der Waals surface area contributed by atoms with Crippen molar-refractivity contribution in [3.8, 4) is 16.9 Å². The average molecular weight is 492 g/mol. The molecule has 0 bridgehead atoms. The lowest BCUT2D eigenvalue weighted by Crippen LogP contribution is -2.15. The highest BCUT2D eigenvalue weighted by Crippen LogP contribution is 2.43. The fraction of sp³-hybridized carbons (Fsp3) is 0.0667. The molecule has 1 aliphatic carbocycles. The number of para-hydroxylation sites is 1. The van der Waals surface area contributed by atoms with Crippen LogP contribution in [0.3, 0.4) is 0 Å². The smallest absolute Gasteiger partial charge is 0.128 e. The van der Waals surface area contributed by atoms with E-state index >= 15 is 0 Å². The van der Waals surface area contributed by atoms with Crippen LogP contribution in [0.15, 0.2) is 126 Å². The summed E-state index contributed by atoms with van der Waals surface area (Å²) >= 11 is 3.62. The van der Waals surface area contributed by atoms with Crippen LogP contribution in [0.1, 0.15) is 11.5 Å². The molecule has 1 heterocycles. The number of benzene rings is 4. The molecule has 6 rings (SSSR count). The Labute approximate surface area is 202 Å². The Morgan fingerprint density at radius 2 is 1.36 bits per heavy atom. The monoisotopic (exact) mass is 491 g/mol. The predicted molar refractivity (Wildman–Crippen MR) is 140 cm³/mol. The lowest BCUT2D eigenvalue weighted by Gasteiger charge is -2.25. The third kappa shape index (κ3) is 3.79. The van der Waals surface area contributed by atoms with Crippen LogP contribution in [-0.4, -0.2) is 6.10 Å². The maximum Gasteiger partial charge on any atom is 0.128 e. The van der Waals surface area contributed by atoms with Gasteiger partial charge in [0.2, 0.25) is 0 Å². The first-order chi connectivity index (χ1) is 16.3. The van der Waals surface area contributed by atoms with E-state index in [1.807, 2.05) is 6.07 Å². The van der Waals surface area contributed by atoms with E-state index in [4.69, 9.17) is 4.74 Å². The molecule has 0 spiro atoms. The van der Waals surface area contributed by atoms with E-state index in [-0.39, 0.29) is 6.10 Å². The van der Waals surface area contributed by atoms with Gasteiger partial charge in [0.15, 0.2) is 0 Å². The van der Waals surface area contributed by atoms with Gasteiger partial charge in [0.1, 0.15) is 11.9 Å². The number of hydrogen-bond acceptors (Lipinski definition) is 2. The van der Waals surface area contributed by atoms with Crippen LogP contribution in [0, 0.1) is 0 Å². The van der Waals surface area contributed by atoms with Crippen LogP contribution < -0.4 is 9.64 Å². The summed E-state index contributed by atoms with van der Waals surface area (Å²) < 4.78 is 7.17. The van der Waals surface area contributed by atoms with Crippen LogP contribution in [0.5, 0.6) is 5.75 Å². The Hall–Kier alpha value is -3.56. The lowest BCUT2D eigenvalue weighted by atomic mass is 9.90. The molecule has 0 radical (unpaired) electrons. The van der Waals surface area contributed by atoms with Crippen molar-refractivity contribution in [2.75, 3.05) is 4.90 Å². The van der Waals surface area contributed by atoms with E-state index in [9.17, 15) is 0 Å². The molecule has 4 aromatic rings. The summed E-state index contributed by atoms with van der Waals surface area (Å²) in [5.41, 5.74) is 7.03. The number of nitrogens with zero attached hydrogens (tertiary/aromatic N) is 1. The van der Waals surface area contributed by atoms with Gasteiger partial charge in [0.05, 0.1) is 0 Å². The molecule has 2 atom stereocenters. The van der Waals surface area contributed by atoms with Gasteiger partial charge in [-0.1, -0.05) is 76.6 Å². The Balaban J connectivity index is 1.36. The molecular weight excluding hydrogens is 470 g/mol. The van der Waals surface area contributed by atoms with Crippen molar-refractivity contribution >= 4 is 33.0 Å². The lowest BCUT2D eigenvalue weighted by molar-refractivity contribution is 0.269. The summed E-state index contributed by atoms with van der Waals surface area (Å²) in [6.45, 7) is 0. The average Bonchev–Trinajstić information content (AvgIpc) is 3.23. The quantitative estimate of drug-likeness (QED) is 0.283. The first-order valence-corrected chi connectivity index (χ1v) is 11.9. The summed E-state index contributed by atoms with van der Waals surface area (Å²) in [6.07, 6.45) is 8.67. The summed E-state index contributed by atoms with van der Waals surface area (Å²) in [7, 11) is 0. The van der Waals surface area contributed by atoms with Gasteiger partial charge in [-0.05, 0) is 71.8 Å². The van der Waals surface area contributed by atoms with E-state index in [1.54, 1.807) is 0 Å². The van der Waals surface area contributed by atoms with Gasteiger partial charge in [-0.3, -0.25) is 0 Å². The van der Waals surface area contributed by atoms with Crippen molar-refractivity contribution in [3.05, 3.63) is 131 Å². The molecule has 0 amide bonds. The van der Waals surface area contributed by atoms with Crippen LogP contribution in [0.25, 0.3) is 11.1 Å². The van der Waals surface area contributed by atoms with Crippen LogP contribution in [0.2, 0.25) is 0 Å². The van der Waals surface area contributed by atoms with Crippen LogP contribution in [-0.2, 0) is 0 Å². The SMILES string of the molecule is Brc1cccc(N(c2ccccc2)c2ccc(-c3ccc4c(c3)C3C=CC=CC3O4)cc2)c1. The number of anilines is 3. The highest BCUT2D eigenvalue weighted by atomic mass is 79.9. The second-order valence-electron chi connectivity index (χ2n) is 8.33. The predicted octanol–water partition coefficient (Wildman–Crippen LogP) is 8.56. The molecule has 3 heteroatoms. The maximum atomic E-state index is 6.11. The van der Waals surface area contributed by atoms with Crippen molar-refractivity contribution < 1.29 is 4.74 Å². The largest absolute Gasteiger partial charge is 0.485 e. The number of allylic oxidation sites excluding steroid dienone is 2. The van der Waals surface area contributed by atoms with Gasteiger partial charge < -0.3 is 9.64 Å². The molecule has 0 aromatic heterocycles. The highest BCUT2D eigenvalue weighted by Gasteiger charge is 2.32. The Kier molecular flexibility index (Phi) is 5.12. The van der Waals surface area contributed by atoms with E-state index < -0.39 is 0 Å². The van der Waals surface area contributed by atoms with Crippen LogP contribution >= 0.6 is 15.9 Å². The van der Waals surface area contributed by atoms with E-state index in [1.165, 1.54) is 16.7 Å². The van der Waals surface area contributed by atoms with Crippen molar-refractivity contribution in [2.45, 2.75) is 12.0 Å². The van der Waals surface area contributed by atoms with Crippen LogP contribution in [0.4, 0.5) is 17.1 Å². The Morgan fingerprint density at radius 3 is 2.18 bits per heavy atom. The number of halogens is 1. The first-order valence-electron chi connectivity index (χ1n) is 11.1. The standard InChI is InChI=1S/C30H22BrNO/c31-23-7-6-10-26(20-23)32(24-8-2-1-3-9-24)25-16-13-21(14-17-25)22-15-18-30-28(19-22)27-11-4-5-12-29(27)33-30/h1-20,27,29H. The Bertz CT molecular complexity index is 1360. The second kappa shape index (κ2) is 8.42. The molecule has 0 N–H and O–H groups in total. The van der Waals surface area contributed by atoms with Crippen molar-refractivity contribution in [3.63, 3.8) is 0 Å². The van der Waals surface area contributed by atoms with Gasteiger partial charge in [-0.2, -0.15) is 0 Å². The minimum atomic E-state index is 0.118. The van der Waals surface area contributed by atoms with E-state index in [0.29, 0.717) is 5.92 Å². The van der Waals surface area contributed by atoms with E-state index in [2.05, 4.69) is 136 Å². The summed E-state index contributed by atoms with van der Waals surface area (Å²) in [5.74, 6) is 1.29. The molecule has 0 saturated carbocycles. The molecule has 2 unspecified atom stereocenters. The fourth-order valence-electron chi connectivity index (χ4n) is 4.66. The summed E-state index contributed by atoms with van der Waals surface area (Å²) in [5, 5.41) is 0. The normalized spacial score (nSPS) is 17.8. The first kappa shape index (κ1) is 20.1. The number of ether oxygens (including phenoxy) is 1. The van der Waals surface area contributed by atoms with Gasteiger partial charge >= 0.3 is 0 Å². The summed E-state index contributed by atoms with van der Waals surface area (Å²) in [6, 6.07) is 34.2. The van der Waals surface area contributed by atoms with Crippen molar-refractivity contribution in [1.82, 2.24) is 0 Å². The minimum Gasteiger partial charge on any atom is -0.485 e.